The molecular formula is C25H39N5O4. The first-order valence-corrected chi connectivity index (χ1v) is 12.9. The van der Waals surface area contributed by atoms with Crippen LogP contribution in [-0.2, 0) is 9.59 Å². The number of piperidine rings is 2. The maximum Gasteiger partial charge on any atom is 0.278 e. The molecule has 0 spiro atoms. The van der Waals surface area contributed by atoms with Crippen LogP contribution >= 0.6 is 0 Å². The van der Waals surface area contributed by atoms with E-state index in [0.29, 0.717) is 44.1 Å². The molecule has 188 valence electrons. The zero-order valence-corrected chi connectivity index (χ0v) is 21.0. The van der Waals surface area contributed by atoms with Gasteiger partial charge < -0.3 is 15.1 Å². The molecule has 0 aliphatic carbocycles. The molecule has 1 aromatic heterocycles. The van der Waals surface area contributed by atoms with E-state index in [0.717, 1.165) is 32.1 Å². The first-order valence-electron chi connectivity index (χ1n) is 12.9. The van der Waals surface area contributed by atoms with Crippen molar-refractivity contribution in [3.8, 4) is 0 Å². The second kappa shape index (κ2) is 10.4. The molecule has 1 N–H and O–H groups in total. The highest BCUT2D eigenvalue weighted by atomic mass is 16.6. The lowest BCUT2D eigenvalue weighted by molar-refractivity contribution is -0.141. The first kappa shape index (κ1) is 24.7. The van der Waals surface area contributed by atoms with E-state index in [1.54, 1.807) is 6.92 Å². The number of rotatable bonds is 2. The molecular weight excluding hydrogens is 434 g/mol. The fourth-order valence-corrected chi connectivity index (χ4v) is 6.05. The van der Waals surface area contributed by atoms with Gasteiger partial charge in [-0.3, -0.25) is 14.4 Å². The van der Waals surface area contributed by atoms with Crippen molar-refractivity contribution in [3.63, 3.8) is 0 Å². The Morgan fingerprint density at radius 2 is 1.91 bits per heavy atom. The van der Waals surface area contributed by atoms with Crippen molar-refractivity contribution in [1.82, 2.24) is 25.4 Å². The number of fused-ring (bicyclic) bond motifs is 4. The third-order valence-electron chi connectivity index (χ3n) is 7.98. The number of hydrogen-bond donors (Lipinski definition) is 1. The van der Waals surface area contributed by atoms with E-state index < -0.39 is 0 Å². The van der Waals surface area contributed by atoms with Gasteiger partial charge in [-0.2, -0.15) is 0 Å². The summed E-state index contributed by atoms with van der Waals surface area (Å²) in [6.45, 7) is 10.0. The molecule has 0 aromatic carbocycles. The Balaban J connectivity index is 1.51. The summed E-state index contributed by atoms with van der Waals surface area (Å²) in [6.07, 6.45) is 5.37. The molecule has 0 unspecified atom stereocenters. The van der Waals surface area contributed by atoms with Crippen molar-refractivity contribution >= 4 is 17.7 Å². The zero-order valence-electron chi connectivity index (χ0n) is 21.0. The Morgan fingerprint density at radius 1 is 1.12 bits per heavy atom. The quantitative estimate of drug-likeness (QED) is 0.708. The average Bonchev–Trinajstić information content (AvgIpc) is 3.22. The third-order valence-corrected chi connectivity index (χ3v) is 7.98. The lowest BCUT2D eigenvalue weighted by atomic mass is 9.77. The van der Waals surface area contributed by atoms with Gasteiger partial charge in [-0.1, -0.05) is 25.9 Å². The van der Waals surface area contributed by atoms with Crippen LogP contribution in [0.3, 0.4) is 0 Å². The van der Waals surface area contributed by atoms with Crippen molar-refractivity contribution in [1.29, 1.82) is 0 Å². The van der Waals surface area contributed by atoms with Crippen LogP contribution in [0.1, 0.15) is 81.9 Å². The number of hydrogen-bond acceptors (Lipinski definition) is 6. The molecule has 3 amide bonds. The van der Waals surface area contributed by atoms with E-state index in [4.69, 9.17) is 4.63 Å². The standard InChI is InChI=1S/C25H39N5O4/c1-15(2)20-9-8-16(3)10-23(32)30-13-18-11-19(21(30)6-5-7-22(31)26-20)14-29(12-18)25(33)24-17(4)27-34-28-24/h15-16,18-21H,5-14H2,1-4H3,(H,26,31)/t16-,18+,19+,20+,21+/m1/s1. The van der Waals surface area contributed by atoms with Crippen LogP contribution in [0.15, 0.2) is 4.63 Å². The SMILES string of the molecule is Cc1nonc1C(=O)N1C[C@@H]2C[C@@H](C1)[C@@H]1CCCC(=O)N[C@H](C(C)C)CC[C@@H](C)CC(=O)N1C2. The number of carbonyl (C=O) groups is 3. The smallest absolute Gasteiger partial charge is 0.278 e. The molecule has 0 radical (unpaired) electrons. The van der Waals surface area contributed by atoms with Crippen LogP contribution in [0, 0.1) is 30.6 Å². The van der Waals surface area contributed by atoms with E-state index in [1.165, 1.54) is 0 Å². The van der Waals surface area contributed by atoms with Crippen LogP contribution < -0.4 is 5.32 Å². The highest BCUT2D eigenvalue weighted by Crippen LogP contribution is 2.37. The summed E-state index contributed by atoms with van der Waals surface area (Å²) < 4.78 is 4.74. The van der Waals surface area contributed by atoms with E-state index >= 15 is 0 Å². The molecule has 5 atom stereocenters. The monoisotopic (exact) mass is 473 g/mol. The van der Waals surface area contributed by atoms with Crippen molar-refractivity contribution in [2.45, 2.75) is 84.7 Å². The van der Waals surface area contributed by atoms with Crippen LogP contribution in [-0.4, -0.2) is 69.6 Å². The number of aromatic nitrogens is 2. The predicted octanol–water partition coefficient (Wildman–Crippen LogP) is 2.80. The second-order valence-corrected chi connectivity index (χ2v) is 11.1. The Kier molecular flexibility index (Phi) is 7.57. The zero-order chi connectivity index (χ0) is 24.4. The van der Waals surface area contributed by atoms with E-state index in [9.17, 15) is 14.4 Å². The largest absolute Gasteiger partial charge is 0.353 e. The lowest BCUT2D eigenvalue weighted by Crippen LogP contribution is -2.60. The van der Waals surface area contributed by atoms with Crippen molar-refractivity contribution < 1.29 is 19.0 Å². The molecule has 3 aliphatic heterocycles. The van der Waals surface area contributed by atoms with Crippen LogP contribution in [0.25, 0.3) is 0 Å². The second-order valence-electron chi connectivity index (χ2n) is 11.1. The van der Waals surface area contributed by atoms with Crippen molar-refractivity contribution in [3.05, 3.63) is 11.4 Å². The summed E-state index contributed by atoms with van der Waals surface area (Å²) in [6, 6.07) is 0.208. The van der Waals surface area contributed by atoms with Crippen molar-refractivity contribution in [2.24, 2.45) is 23.7 Å². The molecule has 0 saturated carbocycles. The molecule has 1 aromatic rings. The highest BCUT2D eigenvalue weighted by molar-refractivity contribution is 5.93. The lowest BCUT2D eigenvalue weighted by Gasteiger charge is -2.51. The normalized spacial score (nSPS) is 31.3. The van der Waals surface area contributed by atoms with Gasteiger partial charge in [0.05, 0.1) is 0 Å². The van der Waals surface area contributed by atoms with E-state index in [1.807, 2.05) is 4.90 Å². The van der Waals surface area contributed by atoms with E-state index in [2.05, 4.69) is 41.3 Å². The predicted molar refractivity (Wildman–Crippen MR) is 126 cm³/mol. The maximum atomic E-state index is 13.5. The average molecular weight is 474 g/mol. The molecule has 3 saturated heterocycles. The van der Waals surface area contributed by atoms with Gasteiger partial charge in [0.15, 0.2) is 5.69 Å². The highest BCUT2D eigenvalue weighted by Gasteiger charge is 2.44. The number of nitrogens with zero attached hydrogens (tertiary/aromatic N) is 4. The minimum atomic E-state index is -0.148. The van der Waals surface area contributed by atoms with Crippen LogP contribution in [0.2, 0.25) is 0 Å². The van der Waals surface area contributed by atoms with Gasteiger partial charge in [0.25, 0.3) is 5.91 Å². The van der Waals surface area contributed by atoms with Gasteiger partial charge in [-0.05, 0) is 67.9 Å². The number of amides is 3. The topological polar surface area (TPSA) is 109 Å². The molecule has 3 fully saturated rings. The van der Waals surface area contributed by atoms with Gasteiger partial charge >= 0.3 is 0 Å². The summed E-state index contributed by atoms with van der Waals surface area (Å²) in [7, 11) is 0. The first-order chi connectivity index (χ1) is 16.2. The number of aryl methyl sites for hydroxylation is 1. The van der Waals surface area contributed by atoms with Crippen LogP contribution in [0.5, 0.6) is 0 Å². The maximum absolute atomic E-state index is 13.5. The summed E-state index contributed by atoms with van der Waals surface area (Å²) in [5, 5.41) is 10.8. The Hall–Kier alpha value is -2.45. The number of likely N-dealkylation sites (tertiary alicyclic amines) is 1. The molecule has 2 bridgehead atoms. The molecule has 9 heteroatoms. The van der Waals surface area contributed by atoms with E-state index in [-0.39, 0.29) is 53.3 Å². The van der Waals surface area contributed by atoms with Crippen molar-refractivity contribution in [2.75, 3.05) is 19.6 Å². The minimum absolute atomic E-state index is 0.0533. The number of carbonyl (C=O) groups excluding carboxylic acids is 3. The molecule has 4 rings (SSSR count). The Morgan fingerprint density at radius 3 is 2.62 bits per heavy atom. The minimum Gasteiger partial charge on any atom is -0.353 e. The van der Waals surface area contributed by atoms with Gasteiger partial charge in [-0.25, -0.2) is 4.63 Å². The summed E-state index contributed by atoms with van der Waals surface area (Å²) >= 11 is 0. The molecule has 9 nitrogen and oxygen atoms in total. The molecule has 34 heavy (non-hydrogen) atoms. The van der Waals surface area contributed by atoms with Gasteiger partial charge in [0.1, 0.15) is 5.69 Å². The van der Waals surface area contributed by atoms with Gasteiger partial charge in [0, 0.05) is 44.6 Å². The van der Waals surface area contributed by atoms with Gasteiger partial charge in [0.2, 0.25) is 11.8 Å². The third kappa shape index (κ3) is 5.44. The Bertz CT molecular complexity index is 900. The molecule has 3 aliphatic rings. The number of nitrogens with one attached hydrogen (secondary N) is 1. The Labute approximate surface area is 201 Å². The fraction of sp³-hybridized carbons (Fsp3) is 0.800. The summed E-state index contributed by atoms with van der Waals surface area (Å²) in [4.78, 5) is 43.1. The van der Waals surface area contributed by atoms with Crippen LogP contribution in [0.4, 0.5) is 0 Å². The summed E-state index contributed by atoms with van der Waals surface area (Å²) in [5.41, 5.74) is 0.771. The fourth-order valence-electron chi connectivity index (χ4n) is 6.05. The molecule has 4 heterocycles. The van der Waals surface area contributed by atoms with Gasteiger partial charge in [-0.15, -0.1) is 0 Å². The summed E-state index contributed by atoms with van der Waals surface area (Å²) in [5.74, 6) is 1.28.